The van der Waals surface area contributed by atoms with Crippen molar-refractivity contribution in [1.29, 1.82) is 0 Å². The molecular weight excluding hydrogens is 352 g/mol. The quantitative estimate of drug-likeness (QED) is 0.524. The van der Waals surface area contributed by atoms with Crippen molar-refractivity contribution in [2.75, 3.05) is 26.8 Å². The van der Waals surface area contributed by atoms with Crippen LogP contribution in [0, 0.1) is 13.8 Å². The lowest BCUT2D eigenvalue weighted by Crippen LogP contribution is -1.98. The lowest BCUT2D eigenvalue weighted by atomic mass is 10.2. The maximum atomic E-state index is 5.35. The number of benzene rings is 1. The number of nitrogens with zero attached hydrogens (tertiary/aromatic N) is 3. The molecule has 0 bridgehead atoms. The summed E-state index contributed by atoms with van der Waals surface area (Å²) in [6.45, 7) is 4.14. The molecule has 3 rings (SSSR count). The number of hydrogen-bond donors (Lipinski definition) is 1. The molecule has 0 saturated heterocycles. The summed E-state index contributed by atoms with van der Waals surface area (Å²) in [5.41, 5.74) is 4.97. The number of fused-ring (bicyclic) bond motifs is 1. The first-order valence-corrected chi connectivity index (χ1v) is 8.70. The Morgan fingerprint density at radius 1 is 1.04 bits per heavy atom. The van der Waals surface area contributed by atoms with E-state index in [9.17, 15) is 0 Å². The van der Waals surface area contributed by atoms with Crippen molar-refractivity contribution in [2.24, 2.45) is 5.10 Å². The first-order valence-electron chi connectivity index (χ1n) is 7.88. The molecule has 2 aromatic heterocycles. The SMILES string of the molecule is COc1cc(/C=N\Nc2ncnc3sc(C)c(C)c23)cc(OC)c1OC. The molecule has 2 heterocycles. The average Bonchev–Trinajstić information content (AvgIpc) is 2.95. The van der Waals surface area contributed by atoms with Gasteiger partial charge in [0.25, 0.3) is 0 Å². The van der Waals surface area contributed by atoms with Crippen LogP contribution in [0.15, 0.2) is 23.6 Å². The Balaban J connectivity index is 1.90. The van der Waals surface area contributed by atoms with Gasteiger partial charge in [0.1, 0.15) is 11.2 Å². The number of thiophene rings is 1. The van der Waals surface area contributed by atoms with Gasteiger partial charge >= 0.3 is 0 Å². The van der Waals surface area contributed by atoms with Crippen molar-refractivity contribution in [2.45, 2.75) is 13.8 Å². The van der Waals surface area contributed by atoms with Gasteiger partial charge in [-0.2, -0.15) is 5.10 Å². The smallest absolute Gasteiger partial charge is 0.203 e. The summed E-state index contributed by atoms with van der Waals surface area (Å²) in [7, 11) is 4.73. The van der Waals surface area contributed by atoms with E-state index in [1.165, 1.54) is 11.2 Å². The van der Waals surface area contributed by atoms with Gasteiger partial charge in [-0.05, 0) is 31.5 Å². The molecule has 0 unspecified atom stereocenters. The molecule has 0 aliphatic heterocycles. The summed E-state index contributed by atoms with van der Waals surface area (Å²) >= 11 is 1.65. The van der Waals surface area contributed by atoms with Crippen LogP contribution in [0.25, 0.3) is 10.2 Å². The Labute approximate surface area is 155 Å². The standard InChI is InChI=1S/C18H20N4O3S/c1-10-11(2)26-18-15(10)17(19-9-20-18)22-21-8-12-6-13(23-3)16(25-5)14(7-12)24-4/h6-9H,1-5H3,(H,19,20,22)/b21-8-. The van der Waals surface area contributed by atoms with Gasteiger partial charge in [0.2, 0.25) is 5.75 Å². The van der Waals surface area contributed by atoms with Gasteiger partial charge in [-0.1, -0.05) is 0 Å². The average molecular weight is 372 g/mol. The molecule has 1 N–H and O–H groups in total. The number of aryl methyl sites for hydroxylation is 2. The number of hydrazone groups is 1. The Kier molecular flexibility index (Phi) is 5.22. The van der Waals surface area contributed by atoms with Crippen molar-refractivity contribution >= 4 is 33.6 Å². The van der Waals surface area contributed by atoms with Crippen LogP contribution in [0.3, 0.4) is 0 Å². The molecule has 0 aliphatic rings. The van der Waals surface area contributed by atoms with Crippen LogP contribution in [0.1, 0.15) is 16.0 Å². The van der Waals surface area contributed by atoms with Crippen LogP contribution in [0.2, 0.25) is 0 Å². The van der Waals surface area contributed by atoms with E-state index in [0.29, 0.717) is 23.1 Å². The minimum Gasteiger partial charge on any atom is -0.493 e. The molecule has 0 amide bonds. The second-order valence-electron chi connectivity index (χ2n) is 5.51. The molecule has 8 heteroatoms. The number of rotatable bonds is 6. The van der Waals surface area contributed by atoms with Crippen LogP contribution < -0.4 is 19.6 Å². The number of methoxy groups -OCH3 is 3. The topological polar surface area (TPSA) is 77.9 Å². The molecule has 0 fully saturated rings. The fourth-order valence-electron chi connectivity index (χ4n) is 2.61. The normalized spacial score (nSPS) is 11.1. The largest absolute Gasteiger partial charge is 0.493 e. The minimum absolute atomic E-state index is 0.544. The van der Waals surface area contributed by atoms with E-state index in [2.05, 4.69) is 34.3 Å². The van der Waals surface area contributed by atoms with E-state index in [1.807, 2.05) is 12.1 Å². The van der Waals surface area contributed by atoms with Crippen molar-refractivity contribution in [3.8, 4) is 17.2 Å². The maximum absolute atomic E-state index is 5.35. The van der Waals surface area contributed by atoms with Gasteiger partial charge in [0.05, 0.1) is 32.9 Å². The van der Waals surface area contributed by atoms with Crippen LogP contribution in [-0.2, 0) is 0 Å². The van der Waals surface area contributed by atoms with Gasteiger partial charge in [-0.3, -0.25) is 5.43 Å². The highest BCUT2D eigenvalue weighted by Crippen LogP contribution is 2.38. The second kappa shape index (κ2) is 7.57. The zero-order valence-electron chi connectivity index (χ0n) is 15.3. The zero-order valence-corrected chi connectivity index (χ0v) is 16.1. The molecule has 0 radical (unpaired) electrons. The van der Waals surface area contributed by atoms with Crippen LogP contribution >= 0.6 is 11.3 Å². The van der Waals surface area contributed by atoms with Crippen LogP contribution in [0.5, 0.6) is 17.2 Å². The fraction of sp³-hybridized carbons (Fsp3) is 0.278. The first kappa shape index (κ1) is 17.9. The number of ether oxygens (including phenoxy) is 3. The molecule has 0 spiro atoms. The summed E-state index contributed by atoms with van der Waals surface area (Å²) < 4.78 is 16.0. The third kappa shape index (κ3) is 3.28. The number of hydrogen-bond acceptors (Lipinski definition) is 8. The highest BCUT2D eigenvalue weighted by atomic mass is 32.1. The van der Waals surface area contributed by atoms with E-state index < -0.39 is 0 Å². The fourth-order valence-corrected chi connectivity index (χ4v) is 3.61. The highest BCUT2D eigenvalue weighted by Gasteiger charge is 2.13. The minimum atomic E-state index is 0.544. The Morgan fingerprint density at radius 3 is 2.35 bits per heavy atom. The van der Waals surface area contributed by atoms with E-state index in [-0.39, 0.29) is 0 Å². The Bertz CT molecular complexity index is 943. The summed E-state index contributed by atoms with van der Waals surface area (Å²) in [5.74, 6) is 2.37. The maximum Gasteiger partial charge on any atom is 0.203 e. The number of aromatic nitrogens is 2. The predicted octanol–water partition coefficient (Wildman–Crippen LogP) is 3.78. The highest BCUT2D eigenvalue weighted by molar-refractivity contribution is 7.18. The Morgan fingerprint density at radius 2 is 1.73 bits per heavy atom. The summed E-state index contributed by atoms with van der Waals surface area (Å²) in [4.78, 5) is 10.8. The lowest BCUT2D eigenvalue weighted by molar-refractivity contribution is 0.324. The van der Waals surface area contributed by atoms with E-state index in [4.69, 9.17) is 14.2 Å². The van der Waals surface area contributed by atoms with E-state index in [0.717, 1.165) is 21.3 Å². The van der Waals surface area contributed by atoms with Gasteiger partial charge < -0.3 is 14.2 Å². The van der Waals surface area contributed by atoms with Gasteiger partial charge in [-0.15, -0.1) is 11.3 Å². The van der Waals surface area contributed by atoms with Crippen molar-refractivity contribution < 1.29 is 14.2 Å². The van der Waals surface area contributed by atoms with Crippen molar-refractivity contribution in [3.63, 3.8) is 0 Å². The molecular formula is C18H20N4O3S. The third-order valence-corrected chi connectivity index (χ3v) is 5.15. The zero-order chi connectivity index (χ0) is 18.7. The molecule has 136 valence electrons. The molecule has 0 saturated carbocycles. The summed E-state index contributed by atoms with van der Waals surface area (Å²) in [6.07, 6.45) is 3.21. The second-order valence-corrected chi connectivity index (χ2v) is 6.72. The predicted molar refractivity (Wildman–Crippen MR) is 104 cm³/mol. The van der Waals surface area contributed by atoms with Gasteiger partial charge in [-0.25, -0.2) is 9.97 Å². The Hall–Kier alpha value is -2.87. The van der Waals surface area contributed by atoms with Gasteiger partial charge in [0.15, 0.2) is 17.3 Å². The number of nitrogens with one attached hydrogen (secondary N) is 1. The molecule has 26 heavy (non-hydrogen) atoms. The molecule has 7 nitrogen and oxygen atoms in total. The van der Waals surface area contributed by atoms with Crippen LogP contribution in [0.4, 0.5) is 5.82 Å². The number of anilines is 1. The molecule has 3 aromatic rings. The van der Waals surface area contributed by atoms with Crippen molar-refractivity contribution in [1.82, 2.24) is 9.97 Å². The van der Waals surface area contributed by atoms with Crippen LogP contribution in [-0.4, -0.2) is 37.5 Å². The third-order valence-electron chi connectivity index (χ3n) is 4.04. The molecule has 0 atom stereocenters. The summed E-state index contributed by atoms with van der Waals surface area (Å²) in [6, 6.07) is 3.64. The monoisotopic (exact) mass is 372 g/mol. The molecule has 0 aliphatic carbocycles. The van der Waals surface area contributed by atoms with E-state index >= 15 is 0 Å². The summed E-state index contributed by atoms with van der Waals surface area (Å²) in [5, 5.41) is 5.30. The molecule has 1 aromatic carbocycles. The lowest BCUT2D eigenvalue weighted by Gasteiger charge is -2.12. The van der Waals surface area contributed by atoms with Gasteiger partial charge in [0, 0.05) is 10.4 Å². The first-order chi connectivity index (χ1) is 12.6. The van der Waals surface area contributed by atoms with Crippen molar-refractivity contribution in [3.05, 3.63) is 34.5 Å². The van der Waals surface area contributed by atoms with E-state index in [1.54, 1.807) is 38.9 Å².